The van der Waals surface area contributed by atoms with Gasteiger partial charge >= 0.3 is 5.97 Å². The minimum Gasteiger partial charge on any atom is -0.466 e. The summed E-state index contributed by atoms with van der Waals surface area (Å²) in [7, 11) is 0. The maximum atomic E-state index is 11.8. The Morgan fingerprint density at radius 3 is 2.58 bits per heavy atom. The van der Waals surface area contributed by atoms with Crippen LogP contribution in [0.3, 0.4) is 0 Å². The summed E-state index contributed by atoms with van der Waals surface area (Å²) in [5.41, 5.74) is 1.29. The molecule has 0 N–H and O–H groups in total. The van der Waals surface area contributed by atoms with Crippen LogP contribution in [0.2, 0.25) is 0 Å². The van der Waals surface area contributed by atoms with E-state index in [1.54, 1.807) is 37.4 Å². The second-order valence-corrected chi connectivity index (χ2v) is 3.85. The van der Waals surface area contributed by atoms with Gasteiger partial charge in [-0.3, -0.25) is 9.59 Å². The fraction of sp³-hybridized carbons (Fsp3) is 0.214. The van der Waals surface area contributed by atoms with Gasteiger partial charge in [0.2, 0.25) is 0 Å². The summed E-state index contributed by atoms with van der Waals surface area (Å²) in [6.07, 6.45) is 2.69. The van der Waals surface area contributed by atoms with Crippen LogP contribution in [0.15, 0.2) is 41.3 Å². The number of carbonyl (C=O) groups is 2. The molecule has 0 atom stereocenters. The molecule has 0 aliphatic heterocycles. The lowest BCUT2D eigenvalue weighted by Gasteiger charge is -2.02. The number of carbonyl (C=O) groups excluding carboxylic acids is 2. The number of hydrogen-bond donors (Lipinski definition) is 0. The Labute approximate surface area is 110 Å². The molecule has 0 saturated heterocycles. The molecular formula is C14H13NO4. The maximum Gasteiger partial charge on any atom is 0.313 e. The number of nitrogens with zero attached hydrogens (tertiary/aromatic N) is 1. The summed E-state index contributed by atoms with van der Waals surface area (Å²) in [5, 5.41) is 0. The zero-order valence-corrected chi connectivity index (χ0v) is 10.5. The van der Waals surface area contributed by atoms with Crippen LogP contribution in [-0.4, -0.2) is 23.3 Å². The number of ether oxygens (including phenoxy) is 1. The molecule has 1 aromatic heterocycles. The fourth-order valence-electron chi connectivity index (χ4n) is 1.62. The van der Waals surface area contributed by atoms with E-state index in [1.807, 2.05) is 0 Å². The quantitative estimate of drug-likeness (QED) is 0.468. The summed E-state index contributed by atoms with van der Waals surface area (Å²) in [6, 6.07) is 6.80. The number of hydrogen-bond acceptors (Lipinski definition) is 5. The summed E-state index contributed by atoms with van der Waals surface area (Å²) in [6.45, 7) is 1.98. The molecule has 5 heteroatoms. The first-order valence-corrected chi connectivity index (χ1v) is 5.88. The topological polar surface area (TPSA) is 69.4 Å². The predicted molar refractivity (Wildman–Crippen MR) is 67.5 cm³/mol. The zero-order valence-electron chi connectivity index (χ0n) is 10.5. The van der Waals surface area contributed by atoms with E-state index < -0.39 is 5.97 Å². The van der Waals surface area contributed by atoms with Crippen molar-refractivity contribution < 1.29 is 18.7 Å². The summed E-state index contributed by atoms with van der Waals surface area (Å²) >= 11 is 0. The van der Waals surface area contributed by atoms with Crippen molar-refractivity contribution in [1.29, 1.82) is 0 Å². The van der Waals surface area contributed by atoms with E-state index >= 15 is 0 Å². The highest BCUT2D eigenvalue weighted by atomic mass is 16.5. The molecule has 5 nitrogen and oxygen atoms in total. The third kappa shape index (κ3) is 3.28. The van der Waals surface area contributed by atoms with E-state index in [2.05, 4.69) is 4.98 Å². The van der Waals surface area contributed by atoms with Crippen LogP contribution in [0.25, 0.3) is 11.3 Å². The highest BCUT2D eigenvalue weighted by Crippen LogP contribution is 2.19. The van der Waals surface area contributed by atoms with Crippen molar-refractivity contribution >= 4 is 11.8 Å². The molecule has 0 aliphatic rings. The van der Waals surface area contributed by atoms with Gasteiger partial charge in [-0.05, 0) is 6.92 Å². The molecule has 0 saturated carbocycles. The van der Waals surface area contributed by atoms with E-state index in [-0.39, 0.29) is 18.8 Å². The molecule has 0 spiro atoms. The molecule has 0 radical (unpaired) electrons. The van der Waals surface area contributed by atoms with Gasteiger partial charge in [0, 0.05) is 11.1 Å². The summed E-state index contributed by atoms with van der Waals surface area (Å²) in [4.78, 5) is 26.8. The molecular weight excluding hydrogens is 246 g/mol. The molecule has 0 aliphatic carbocycles. The van der Waals surface area contributed by atoms with Crippen LogP contribution in [0.4, 0.5) is 0 Å². The smallest absolute Gasteiger partial charge is 0.313 e. The number of oxazole rings is 1. The standard InChI is InChI=1S/C14H13NO4/c1-2-18-14(17)7-12(16)10-3-5-11(6-4-10)13-8-15-9-19-13/h3-6,8-9H,2,7H2,1H3. The Kier molecular flexibility index (Phi) is 4.07. The van der Waals surface area contributed by atoms with E-state index in [1.165, 1.54) is 6.39 Å². The number of aromatic nitrogens is 1. The first-order chi connectivity index (χ1) is 9.20. The molecule has 1 aromatic carbocycles. The van der Waals surface area contributed by atoms with Gasteiger partial charge in [0.05, 0.1) is 12.8 Å². The second-order valence-electron chi connectivity index (χ2n) is 3.85. The van der Waals surface area contributed by atoms with E-state index in [0.717, 1.165) is 5.56 Å². The van der Waals surface area contributed by atoms with Crippen LogP contribution < -0.4 is 0 Å². The van der Waals surface area contributed by atoms with Crippen LogP contribution in [0.1, 0.15) is 23.7 Å². The Hall–Kier alpha value is -2.43. The molecule has 2 aromatic rings. The van der Waals surface area contributed by atoms with Crippen molar-refractivity contribution in [1.82, 2.24) is 4.98 Å². The van der Waals surface area contributed by atoms with Gasteiger partial charge in [0.25, 0.3) is 0 Å². The monoisotopic (exact) mass is 259 g/mol. The lowest BCUT2D eigenvalue weighted by Crippen LogP contribution is -2.11. The molecule has 98 valence electrons. The Morgan fingerprint density at radius 2 is 2.00 bits per heavy atom. The average molecular weight is 259 g/mol. The SMILES string of the molecule is CCOC(=O)CC(=O)c1ccc(-c2cnco2)cc1. The van der Waals surface area contributed by atoms with E-state index in [4.69, 9.17) is 9.15 Å². The van der Waals surface area contributed by atoms with E-state index in [9.17, 15) is 9.59 Å². The number of benzene rings is 1. The predicted octanol–water partition coefficient (Wildman–Crippen LogP) is 2.48. The van der Waals surface area contributed by atoms with Gasteiger partial charge < -0.3 is 9.15 Å². The molecule has 2 rings (SSSR count). The molecule has 1 heterocycles. The van der Waals surface area contributed by atoms with Gasteiger partial charge in [-0.2, -0.15) is 0 Å². The first kappa shape index (κ1) is 13.0. The number of ketones is 1. The molecule has 0 fully saturated rings. The van der Waals surface area contributed by atoms with Crippen LogP contribution in [0, 0.1) is 0 Å². The number of Topliss-reactive ketones (excluding diaryl/α,β-unsaturated/α-hetero) is 1. The minimum absolute atomic E-state index is 0.241. The summed E-state index contributed by atoms with van der Waals surface area (Å²) in [5.74, 6) is -0.140. The van der Waals surface area contributed by atoms with Gasteiger partial charge in [-0.1, -0.05) is 24.3 Å². The lowest BCUT2D eigenvalue weighted by atomic mass is 10.1. The molecule has 19 heavy (non-hydrogen) atoms. The normalized spacial score (nSPS) is 10.2. The second kappa shape index (κ2) is 5.95. The first-order valence-electron chi connectivity index (χ1n) is 5.88. The lowest BCUT2D eigenvalue weighted by molar-refractivity contribution is -0.141. The Bertz CT molecular complexity index is 558. The van der Waals surface area contributed by atoms with Gasteiger partial charge in [0.15, 0.2) is 17.9 Å². The average Bonchev–Trinajstić information content (AvgIpc) is 2.93. The van der Waals surface area contributed by atoms with Gasteiger partial charge in [0.1, 0.15) is 6.42 Å². The summed E-state index contributed by atoms with van der Waals surface area (Å²) < 4.78 is 9.88. The fourth-order valence-corrected chi connectivity index (χ4v) is 1.62. The number of esters is 1. The van der Waals surface area contributed by atoms with Crippen molar-refractivity contribution in [3.05, 3.63) is 42.4 Å². The van der Waals surface area contributed by atoms with Crippen molar-refractivity contribution in [3.63, 3.8) is 0 Å². The maximum absolute atomic E-state index is 11.8. The van der Waals surface area contributed by atoms with E-state index in [0.29, 0.717) is 11.3 Å². The molecule has 0 unspecified atom stereocenters. The molecule has 0 amide bonds. The van der Waals surface area contributed by atoms with Gasteiger partial charge in [-0.15, -0.1) is 0 Å². The highest BCUT2D eigenvalue weighted by molar-refractivity contribution is 6.06. The molecule has 0 bridgehead atoms. The van der Waals surface area contributed by atoms with Gasteiger partial charge in [-0.25, -0.2) is 4.98 Å². The van der Waals surface area contributed by atoms with Crippen LogP contribution in [0.5, 0.6) is 0 Å². The number of rotatable bonds is 5. The largest absolute Gasteiger partial charge is 0.466 e. The minimum atomic E-state index is -0.508. The Balaban J connectivity index is 2.06. The van der Waals surface area contributed by atoms with Crippen molar-refractivity contribution in [2.45, 2.75) is 13.3 Å². The highest BCUT2D eigenvalue weighted by Gasteiger charge is 2.12. The zero-order chi connectivity index (χ0) is 13.7. The van der Waals surface area contributed by atoms with Crippen molar-refractivity contribution in [2.75, 3.05) is 6.61 Å². The van der Waals surface area contributed by atoms with Crippen molar-refractivity contribution in [3.8, 4) is 11.3 Å². The van der Waals surface area contributed by atoms with Crippen molar-refractivity contribution in [2.24, 2.45) is 0 Å². The van der Waals surface area contributed by atoms with Crippen LogP contribution in [-0.2, 0) is 9.53 Å². The third-order valence-corrected chi connectivity index (χ3v) is 2.53. The third-order valence-electron chi connectivity index (χ3n) is 2.53. The van der Waals surface area contributed by atoms with Crippen LogP contribution >= 0.6 is 0 Å². The Morgan fingerprint density at radius 1 is 1.26 bits per heavy atom.